The largest absolute Gasteiger partial charge is 0.497 e. The minimum absolute atomic E-state index is 0.0608. The van der Waals surface area contributed by atoms with Crippen molar-refractivity contribution in [3.8, 4) is 17.0 Å². The summed E-state index contributed by atoms with van der Waals surface area (Å²) in [6.45, 7) is 4.10. The predicted octanol–water partition coefficient (Wildman–Crippen LogP) is 2.04. The second kappa shape index (κ2) is 7.90. The van der Waals surface area contributed by atoms with Gasteiger partial charge in [-0.2, -0.15) is 5.10 Å². The molecule has 3 heterocycles. The van der Waals surface area contributed by atoms with Gasteiger partial charge in [0.15, 0.2) is 0 Å². The third kappa shape index (κ3) is 4.06. The maximum Gasteiger partial charge on any atom is 0.242 e. The van der Waals surface area contributed by atoms with Crippen LogP contribution in [0, 0.1) is 6.92 Å². The van der Waals surface area contributed by atoms with Crippen molar-refractivity contribution in [2.24, 2.45) is 7.05 Å². The average molecular weight is 392 g/mol. The molecule has 1 aromatic carbocycles. The SMILES string of the molecule is COc1cccc(CN2CCN(c3nccc(-c4cn(C)nc4C)n3)CC2=O)c1. The quantitative estimate of drug-likeness (QED) is 0.661. The molecule has 3 aromatic rings. The van der Waals surface area contributed by atoms with Gasteiger partial charge in [0, 0.05) is 44.6 Å². The molecule has 1 aliphatic rings. The van der Waals surface area contributed by atoms with Crippen LogP contribution in [0.3, 0.4) is 0 Å². The summed E-state index contributed by atoms with van der Waals surface area (Å²) in [5.41, 5.74) is 3.75. The van der Waals surface area contributed by atoms with Crippen molar-refractivity contribution in [2.45, 2.75) is 13.5 Å². The summed E-state index contributed by atoms with van der Waals surface area (Å²) in [7, 11) is 3.53. The molecule has 1 fully saturated rings. The van der Waals surface area contributed by atoms with Crippen LogP contribution >= 0.6 is 0 Å². The van der Waals surface area contributed by atoms with Crippen LogP contribution < -0.4 is 9.64 Å². The Morgan fingerprint density at radius 2 is 2.07 bits per heavy atom. The summed E-state index contributed by atoms with van der Waals surface area (Å²) in [6.07, 6.45) is 3.68. The molecule has 29 heavy (non-hydrogen) atoms. The molecule has 1 amide bonds. The van der Waals surface area contributed by atoms with E-state index in [1.165, 1.54) is 0 Å². The fourth-order valence-electron chi connectivity index (χ4n) is 3.54. The minimum atomic E-state index is 0.0608. The number of hydrogen-bond donors (Lipinski definition) is 0. The summed E-state index contributed by atoms with van der Waals surface area (Å²) < 4.78 is 7.04. The van der Waals surface area contributed by atoms with Crippen molar-refractivity contribution in [3.63, 3.8) is 0 Å². The zero-order valence-corrected chi connectivity index (χ0v) is 16.9. The van der Waals surface area contributed by atoms with Gasteiger partial charge in [0.25, 0.3) is 0 Å². The molecule has 8 heteroatoms. The van der Waals surface area contributed by atoms with Crippen LogP contribution in [0.2, 0.25) is 0 Å². The summed E-state index contributed by atoms with van der Waals surface area (Å²) in [4.78, 5) is 25.6. The number of piperazine rings is 1. The van der Waals surface area contributed by atoms with Gasteiger partial charge in [-0.25, -0.2) is 9.97 Å². The second-order valence-corrected chi connectivity index (χ2v) is 7.13. The van der Waals surface area contributed by atoms with Gasteiger partial charge >= 0.3 is 0 Å². The van der Waals surface area contributed by atoms with Gasteiger partial charge in [-0.3, -0.25) is 9.48 Å². The minimum Gasteiger partial charge on any atom is -0.497 e. The summed E-state index contributed by atoms with van der Waals surface area (Å²) in [5.74, 6) is 1.43. The number of benzene rings is 1. The number of hydrogen-bond acceptors (Lipinski definition) is 6. The van der Waals surface area contributed by atoms with Crippen molar-refractivity contribution in [1.29, 1.82) is 0 Å². The van der Waals surface area contributed by atoms with E-state index in [4.69, 9.17) is 4.74 Å². The van der Waals surface area contributed by atoms with Crippen LogP contribution in [-0.4, -0.2) is 57.3 Å². The Hall–Kier alpha value is -3.42. The van der Waals surface area contributed by atoms with Crippen LogP contribution in [0.4, 0.5) is 5.95 Å². The Kier molecular flexibility index (Phi) is 5.16. The number of carbonyl (C=O) groups excluding carboxylic acids is 1. The molecule has 0 aliphatic carbocycles. The highest BCUT2D eigenvalue weighted by Crippen LogP contribution is 2.23. The standard InChI is InChI=1S/C21H24N6O2/c1-15-18(13-25(2)24-15)19-7-8-22-21(23-19)27-10-9-26(20(28)14-27)12-16-5-4-6-17(11-16)29-3/h4-8,11,13H,9-10,12,14H2,1-3H3. The van der Waals surface area contributed by atoms with Crippen LogP contribution in [0.15, 0.2) is 42.7 Å². The third-order valence-electron chi connectivity index (χ3n) is 5.04. The summed E-state index contributed by atoms with van der Waals surface area (Å²) >= 11 is 0. The highest BCUT2D eigenvalue weighted by Gasteiger charge is 2.26. The molecule has 0 saturated carbocycles. The summed E-state index contributed by atoms with van der Waals surface area (Å²) in [6, 6.07) is 9.67. The smallest absolute Gasteiger partial charge is 0.242 e. The van der Waals surface area contributed by atoms with Crippen LogP contribution in [0.25, 0.3) is 11.3 Å². The highest BCUT2D eigenvalue weighted by molar-refractivity contribution is 5.82. The number of aromatic nitrogens is 4. The number of amides is 1. The van der Waals surface area contributed by atoms with Crippen molar-refractivity contribution < 1.29 is 9.53 Å². The van der Waals surface area contributed by atoms with E-state index < -0.39 is 0 Å². The molecule has 2 aromatic heterocycles. The summed E-state index contributed by atoms with van der Waals surface area (Å²) in [5, 5.41) is 4.38. The van der Waals surface area contributed by atoms with E-state index in [1.807, 2.05) is 60.3 Å². The van der Waals surface area contributed by atoms with Crippen LogP contribution in [0.5, 0.6) is 5.75 Å². The zero-order chi connectivity index (χ0) is 20.4. The molecule has 1 aliphatic heterocycles. The molecule has 150 valence electrons. The van der Waals surface area contributed by atoms with Crippen LogP contribution in [0.1, 0.15) is 11.3 Å². The molecule has 0 atom stereocenters. The lowest BCUT2D eigenvalue weighted by Gasteiger charge is -2.34. The van der Waals surface area contributed by atoms with Crippen LogP contribution in [-0.2, 0) is 18.4 Å². The molecule has 0 bridgehead atoms. The van der Waals surface area contributed by atoms with E-state index in [2.05, 4.69) is 15.1 Å². The maximum atomic E-state index is 12.7. The van der Waals surface area contributed by atoms with E-state index >= 15 is 0 Å². The Labute approximate surface area is 169 Å². The van der Waals surface area contributed by atoms with Gasteiger partial charge in [0.2, 0.25) is 11.9 Å². The number of rotatable bonds is 5. The van der Waals surface area contributed by atoms with E-state index in [9.17, 15) is 4.79 Å². The Bertz CT molecular complexity index is 1030. The molecular weight excluding hydrogens is 368 g/mol. The monoisotopic (exact) mass is 392 g/mol. The Morgan fingerprint density at radius 3 is 2.79 bits per heavy atom. The fraction of sp³-hybridized carbons (Fsp3) is 0.333. The second-order valence-electron chi connectivity index (χ2n) is 7.13. The predicted molar refractivity (Wildman–Crippen MR) is 110 cm³/mol. The molecular formula is C21H24N6O2. The van der Waals surface area contributed by atoms with E-state index in [0.717, 1.165) is 28.3 Å². The van der Waals surface area contributed by atoms with Gasteiger partial charge in [-0.1, -0.05) is 12.1 Å². The molecule has 0 unspecified atom stereocenters. The van der Waals surface area contributed by atoms with Crippen molar-refractivity contribution in [3.05, 3.63) is 54.0 Å². The van der Waals surface area contributed by atoms with E-state index in [1.54, 1.807) is 18.0 Å². The normalized spacial score (nSPS) is 14.4. The number of nitrogens with zero attached hydrogens (tertiary/aromatic N) is 6. The Balaban J connectivity index is 1.46. The lowest BCUT2D eigenvalue weighted by molar-refractivity contribution is -0.131. The van der Waals surface area contributed by atoms with Gasteiger partial charge in [-0.15, -0.1) is 0 Å². The maximum absolute atomic E-state index is 12.7. The number of carbonyl (C=O) groups is 1. The first-order chi connectivity index (χ1) is 14.0. The lowest BCUT2D eigenvalue weighted by atomic mass is 10.2. The Morgan fingerprint density at radius 1 is 1.21 bits per heavy atom. The van der Waals surface area contributed by atoms with Crippen molar-refractivity contribution in [2.75, 3.05) is 31.6 Å². The number of ether oxygens (including phenoxy) is 1. The molecule has 0 spiro atoms. The number of anilines is 1. The molecule has 8 nitrogen and oxygen atoms in total. The first-order valence-electron chi connectivity index (χ1n) is 9.53. The topological polar surface area (TPSA) is 76.4 Å². The number of aryl methyl sites for hydroxylation is 2. The molecule has 1 saturated heterocycles. The van der Waals surface area contributed by atoms with Gasteiger partial charge in [-0.05, 0) is 30.7 Å². The molecule has 0 radical (unpaired) electrons. The van der Waals surface area contributed by atoms with Crippen molar-refractivity contribution >= 4 is 11.9 Å². The lowest BCUT2D eigenvalue weighted by Crippen LogP contribution is -2.50. The molecule has 0 N–H and O–H groups in total. The first-order valence-corrected chi connectivity index (χ1v) is 9.53. The number of methoxy groups -OCH3 is 1. The van der Waals surface area contributed by atoms with E-state index in [0.29, 0.717) is 25.6 Å². The van der Waals surface area contributed by atoms with Gasteiger partial charge < -0.3 is 14.5 Å². The average Bonchev–Trinajstić information content (AvgIpc) is 3.08. The fourth-order valence-corrected chi connectivity index (χ4v) is 3.54. The first kappa shape index (κ1) is 18.9. The van der Waals surface area contributed by atoms with Gasteiger partial charge in [0.05, 0.1) is 18.5 Å². The third-order valence-corrected chi connectivity index (χ3v) is 5.04. The van der Waals surface area contributed by atoms with E-state index in [-0.39, 0.29) is 12.5 Å². The highest BCUT2D eigenvalue weighted by atomic mass is 16.5. The zero-order valence-electron chi connectivity index (χ0n) is 16.9. The van der Waals surface area contributed by atoms with Crippen molar-refractivity contribution in [1.82, 2.24) is 24.6 Å². The molecule has 4 rings (SSSR count). The van der Waals surface area contributed by atoms with Gasteiger partial charge in [0.1, 0.15) is 12.3 Å².